The Labute approximate surface area is 101 Å². The van der Waals surface area contributed by atoms with Crippen LogP contribution >= 0.6 is 0 Å². The second-order valence-electron chi connectivity index (χ2n) is 3.40. The number of anilines is 1. The molecule has 94 valence electrons. The van der Waals surface area contributed by atoms with Crippen molar-refractivity contribution in [3.8, 4) is 5.75 Å². The van der Waals surface area contributed by atoms with E-state index in [1.54, 1.807) is 0 Å². The molecule has 0 saturated heterocycles. The number of fused-ring (bicyclic) bond motifs is 1. The molecule has 0 aliphatic rings. The van der Waals surface area contributed by atoms with Crippen molar-refractivity contribution in [3.05, 3.63) is 22.2 Å². The highest BCUT2D eigenvalue weighted by atomic mass is 16.6. The molecule has 0 amide bonds. The summed E-state index contributed by atoms with van der Waals surface area (Å²) in [7, 11) is 1.44. The second kappa shape index (κ2) is 4.30. The first-order chi connectivity index (χ1) is 8.63. The minimum absolute atomic E-state index is 0.0450. The highest BCUT2D eigenvalue weighted by molar-refractivity contribution is 6.09. The molecule has 0 bridgehead atoms. The van der Waals surface area contributed by atoms with Gasteiger partial charge in [0.2, 0.25) is 0 Å². The van der Waals surface area contributed by atoms with Gasteiger partial charge in [-0.05, 0) is 6.07 Å². The molecule has 0 aliphatic heterocycles. The van der Waals surface area contributed by atoms with Gasteiger partial charge in [-0.1, -0.05) is 0 Å². The van der Waals surface area contributed by atoms with Crippen LogP contribution in [0.4, 0.5) is 17.3 Å². The average Bonchev–Trinajstić information content (AvgIpc) is 2.76. The van der Waals surface area contributed by atoms with Crippen molar-refractivity contribution in [2.75, 3.05) is 12.5 Å². The lowest BCUT2D eigenvalue weighted by molar-refractivity contribution is -0.383. The number of methoxy groups -OCH3 is 1. The van der Waals surface area contributed by atoms with Crippen molar-refractivity contribution in [3.63, 3.8) is 0 Å². The summed E-state index contributed by atoms with van der Waals surface area (Å²) in [6.45, 7) is 0. The molecular weight excluding hydrogens is 240 g/mol. The van der Waals surface area contributed by atoms with Gasteiger partial charge in [0, 0.05) is 6.07 Å². The third-order valence-electron chi connectivity index (χ3n) is 2.55. The van der Waals surface area contributed by atoms with Gasteiger partial charge in [0.1, 0.15) is 17.0 Å². The summed E-state index contributed by atoms with van der Waals surface area (Å²) < 4.78 is 5.12. The standard InChI is InChI=1S/C9H10N6O3/c1-18-5-3-2-4(15(16)17)6-7(5)9(14-11)12-8(6)13-10/h2-3,10,12,14H,11H2,1H3. The third-order valence-corrected chi connectivity index (χ3v) is 2.55. The van der Waals surface area contributed by atoms with Crippen molar-refractivity contribution in [2.24, 2.45) is 11.0 Å². The normalized spacial score (nSPS) is 10.3. The molecule has 0 fully saturated rings. The number of nitrogens with two attached hydrogens (primary N) is 1. The molecule has 0 radical (unpaired) electrons. The Balaban J connectivity index is 2.96. The van der Waals surface area contributed by atoms with Gasteiger partial charge in [0.25, 0.3) is 5.69 Å². The van der Waals surface area contributed by atoms with E-state index in [0.717, 1.165) is 0 Å². The van der Waals surface area contributed by atoms with E-state index in [4.69, 9.17) is 16.1 Å². The number of aromatic amines is 1. The van der Waals surface area contributed by atoms with Crippen LogP contribution < -0.4 is 16.0 Å². The fraction of sp³-hybridized carbons (Fsp3) is 0.111. The molecule has 1 aromatic carbocycles. The summed E-state index contributed by atoms with van der Waals surface area (Å²) in [5, 5.41) is 14.8. The molecule has 0 aliphatic carbocycles. The number of non-ortho nitro benzene ring substituents is 1. The number of hydrogen-bond acceptors (Lipinski definition) is 7. The molecule has 9 heteroatoms. The number of ether oxygens (including phenoxy) is 1. The van der Waals surface area contributed by atoms with E-state index in [1.807, 2.05) is 0 Å². The van der Waals surface area contributed by atoms with Gasteiger partial charge in [-0.15, -0.1) is 5.11 Å². The molecule has 5 N–H and O–H groups in total. The molecule has 0 spiro atoms. The zero-order valence-electron chi connectivity index (χ0n) is 9.35. The van der Waals surface area contributed by atoms with E-state index in [1.165, 1.54) is 19.2 Å². The lowest BCUT2D eigenvalue weighted by Gasteiger charge is -2.04. The van der Waals surface area contributed by atoms with Gasteiger partial charge in [0.05, 0.1) is 17.4 Å². The fourth-order valence-electron chi connectivity index (χ4n) is 1.82. The first kappa shape index (κ1) is 11.8. The molecule has 0 saturated carbocycles. The first-order valence-corrected chi connectivity index (χ1v) is 4.85. The maximum Gasteiger partial charge on any atom is 0.281 e. The Morgan fingerprint density at radius 1 is 1.56 bits per heavy atom. The van der Waals surface area contributed by atoms with Crippen LogP contribution in [-0.4, -0.2) is 17.0 Å². The van der Waals surface area contributed by atoms with Gasteiger partial charge in [-0.3, -0.25) is 10.1 Å². The number of nitrogens with one attached hydrogen (secondary N) is 3. The Kier molecular flexibility index (Phi) is 2.81. The van der Waals surface area contributed by atoms with Crippen LogP contribution in [0.2, 0.25) is 0 Å². The maximum atomic E-state index is 11.0. The SMILES string of the molecule is COc1ccc([N+](=O)[O-])c2c(N=N)[nH]c(NN)c12. The molecule has 2 aromatic rings. The average molecular weight is 250 g/mol. The van der Waals surface area contributed by atoms with Crippen molar-refractivity contribution in [2.45, 2.75) is 0 Å². The van der Waals surface area contributed by atoms with Gasteiger partial charge >= 0.3 is 0 Å². The Morgan fingerprint density at radius 2 is 2.28 bits per heavy atom. The van der Waals surface area contributed by atoms with Crippen LogP contribution in [0.1, 0.15) is 0 Å². The number of nitro groups is 1. The topological polar surface area (TPSA) is 142 Å². The van der Waals surface area contributed by atoms with E-state index in [9.17, 15) is 10.1 Å². The molecular formula is C9H10N6O3. The predicted octanol–water partition coefficient (Wildman–Crippen LogP) is 2.03. The van der Waals surface area contributed by atoms with Crippen LogP contribution in [0.5, 0.6) is 5.75 Å². The largest absolute Gasteiger partial charge is 0.496 e. The maximum absolute atomic E-state index is 11.0. The molecule has 0 atom stereocenters. The second-order valence-corrected chi connectivity index (χ2v) is 3.40. The van der Waals surface area contributed by atoms with Crippen LogP contribution in [0, 0.1) is 15.6 Å². The van der Waals surface area contributed by atoms with Crippen LogP contribution in [0.3, 0.4) is 0 Å². The molecule has 1 aromatic heterocycles. The minimum Gasteiger partial charge on any atom is -0.496 e. The smallest absolute Gasteiger partial charge is 0.281 e. The molecule has 18 heavy (non-hydrogen) atoms. The number of nitro benzene ring substituents is 1. The summed E-state index contributed by atoms with van der Waals surface area (Å²) >= 11 is 0. The molecule has 1 heterocycles. The third kappa shape index (κ3) is 1.53. The zero-order chi connectivity index (χ0) is 13.3. The van der Waals surface area contributed by atoms with E-state index in [-0.39, 0.29) is 16.9 Å². The molecule has 2 rings (SSSR count). The van der Waals surface area contributed by atoms with Crippen molar-refractivity contribution >= 4 is 28.1 Å². The number of hydrazine groups is 1. The minimum atomic E-state index is -0.551. The lowest BCUT2D eigenvalue weighted by Crippen LogP contribution is -2.07. The van der Waals surface area contributed by atoms with Crippen LogP contribution in [-0.2, 0) is 0 Å². The number of aromatic nitrogens is 1. The van der Waals surface area contributed by atoms with Crippen molar-refractivity contribution in [1.82, 2.24) is 4.98 Å². The summed E-state index contributed by atoms with van der Waals surface area (Å²) in [6.07, 6.45) is 0. The van der Waals surface area contributed by atoms with Crippen LogP contribution in [0.15, 0.2) is 17.2 Å². The van der Waals surface area contributed by atoms with Gasteiger partial charge in [0.15, 0.2) is 5.82 Å². The van der Waals surface area contributed by atoms with Gasteiger partial charge in [-0.25, -0.2) is 11.4 Å². The van der Waals surface area contributed by atoms with Gasteiger partial charge in [-0.2, -0.15) is 0 Å². The summed E-state index contributed by atoms with van der Waals surface area (Å²) in [6, 6.07) is 2.76. The van der Waals surface area contributed by atoms with E-state index in [2.05, 4.69) is 15.5 Å². The number of H-pyrrole nitrogens is 1. The first-order valence-electron chi connectivity index (χ1n) is 4.85. The monoisotopic (exact) mass is 250 g/mol. The van der Waals surface area contributed by atoms with E-state index >= 15 is 0 Å². The van der Waals surface area contributed by atoms with Gasteiger partial charge < -0.3 is 15.1 Å². The predicted molar refractivity (Wildman–Crippen MR) is 64.1 cm³/mol. The fourth-order valence-corrected chi connectivity index (χ4v) is 1.82. The van der Waals surface area contributed by atoms with E-state index in [0.29, 0.717) is 17.0 Å². The van der Waals surface area contributed by atoms with E-state index < -0.39 is 4.92 Å². The van der Waals surface area contributed by atoms with Crippen molar-refractivity contribution < 1.29 is 9.66 Å². The summed E-state index contributed by atoms with van der Waals surface area (Å²) in [5.41, 5.74) is 9.23. The Morgan fingerprint density at radius 3 is 2.78 bits per heavy atom. The van der Waals surface area contributed by atoms with Crippen LogP contribution in [0.25, 0.3) is 10.8 Å². The highest BCUT2D eigenvalue weighted by Crippen LogP contribution is 2.43. The number of hydrogen-bond donors (Lipinski definition) is 4. The van der Waals surface area contributed by atoms with Crippen molar-refractivity contribution in [1.29, 1.82) is 5.53 Å². The zero-order valence-corrected chi connectivity index (χ0v) is 9.35. The lowest BCUT2D eigenvalue weighted by atomic mass is 10.1. The quantitative estimate of drug-likeness (QED) is 0.284. The highest BCUT2D eigenvalue weighted by Gasteiger charge is 2.23. The number of nitrogens with zero attached hydrogens (tertiary/aromatic N) is 2. The molecule has 9 nitrogen and oxygen atoms in total. The Bertz CT molecular complexity index is 635. The Hall–Kier alpha value is -2.68. The summed E-state index contributed by atoms with van der Waals surface area (Å²) in [4.78, 5) is 13.1. The molecule has 0 unspecified atom stereocenters. The number of benzene rings is 1. The number of nitrogen functional groups attached to an aromatic ring is 1. The summed E-state index contributed by atoms with van der Waals surface area (Å²) in [5.74, 6) is 6.07. The number of rotatable bonds is 4.